The Morgan fingerprint density at radius 2 is 2.15 bits per heavy atom. The van der Waals surface area contributed by atoms with Crippen LogP contribution in [0.15, 0.2) is 22.6 Å². The number of hydrogen-bond donors (Lipinski definition) is 1. The molecule has 104 valence electrons. The number of pyridine rings is 1. The van der Waals surface area contributed by atoms with Gasteiger partial charge in [-0.15, -0.1) is 11.3 Å². The molecule has 0 aliphatic rings. The van der Waals surface area contributed by atoms with E-state index in [1.165, 1.54) is 17.6 Å². The van der Waals surface area contributed by atoms with Gasteiger partial charge in [0, 0.05) is 4.88 Å². The largest absolute Gasteiger partial charge is 0.543 e. The number of carboxylic acid groups (broad SMARTS) is 1. The monoisotopic (exact) mass is 348 g/mol. The Labute approximate surface area is 132 Å². The molecule has 5 nitrogen and oxygen atoms in total. The molecule has 0 spiro atoms. The van der Waals surface area contributed by atoms with E-state index < -0.39 is 11.7 Å². The maximum atomic E-state index is 10.9. The number of thiophene rings is 1. The zero-order valence-corrected chi connectivity index (χ0v) is 12.6. The number of aromatic carboxylic acids is 1. The Morgan fingerprint density at radius 1 is 1.40 bits per heavy atom. The normalized spacial score (nSPS) is 10.9. The van der Waals surface area contributed by atoms with Crippen LogP contribution in [-0.4, -0.2) is 17.2 Å². The average molecular weight is 350 g/mol. The summed E-state index contributed by atoms with van der Waals surface area (Å²) in [6.45, 7) is 0. The van der Waals surface area contributed by atoms with Gasteiger partial charge in [0.15, 0.2) is 5.15 Å². The third-order valence-electron chi connectivity index (χ3n) is 2.14. The van der Waals surface area contributed by atoms with Crippen molar-refractivity contribution in [2.45, 2.75) is 0 Å². The fraction of sp³-hybridized carbons (Fsp3) is 0. The number of nitrogens with one attached hydrogen (secondary N) is 1. The Kier molecular flexibility index (Phi) is 4.82. The van der Waals surface area contributed by atoms with Gasteiger partial charge in [-0.05, 0) is 11.4 Å². The van der Waals surface area contributed by atoms with Crippen LogP contribution in [0.5, 0.6) is 0 Å². The van der Waals surface area contributed by atoms with Gasteiger partial charge in [0.25, 0.3) is 0 Å². The van der Waals surface area contributed by atoms with Crippen LogP contribution in [0.2, 0.25) is 15.2 Å². The molecule has 0 aliphatic carbocycles. The second-order valence-electron chi connectivity index (χ2n) is 3.43. The molecule has 0 aromatic carbocycles. The number of halogens is 3. The molecule has 0 radical (unpaired) electrons. The zero-order chi connectivity index (χ0) is 14.7. The van der Waals surface area contributed by atoms with Crippen LogP contribution in [0.4, 0.5) is 5.69 Å². The van der Waals surface area contributed by atoms with E-state index in [4.69, 9.17) is 34.8 Å². The van der Waals surface area contributed by atoms with E-state index in [9.17, 15) is 9.90 Å². The van der Waals surface area contributed by atoms with Crippen LogP contribution < -0.4 is 10.5 Å². The molecular formula is C11H5Cl3N3O2S-. The minimum absolute atomic E-state index is 0.0232. The summed E-state index contributed by atoms with van der Waals surface area (Å²) in [4.78, 5) is 15.3. The highest BCUT2D eigenvalue weighted by Gasteiger charge is 2.16. The number of nitrogens with zero attached hydrogens (tertiary/aromatic N) is 2. The van der Waals surface area contributed by atoms with Crippen LogP contribution in [0, 0.1) is 0 Å². The summed E-state index contributed by atoms with van der Waals surface area (Å²) in [7, 11) is 0. The first-order valence-electron chi connectivity index (χ1n) is 5.09. The first-order valence-corrected chi connectivity index (χ1v) is 7.10. The number of hydrogen-bond acceptors (Lipinski definition) is 6. The maximum Gasteiger partial charge on any atom is 0.150 e. The number of carboxylic acids is 1. The highest BCUT2D eigenvalue weighted by atomic mass is 35.5. The first kappa shape index (κ1) is 15.1. The third-order valence-corrected chi connectivity index (χ3v) is 4.06. The van der Waals surface area contributed by atoms with Crippen molar-refractivity contribution in [2.75, 3.05) is 5.43 Å². The fourth-order valence-corrected chi connectivity index (χ4v) is 2.52. The summed E-state index contributed by atoms with van der Waals surface area (Å²) in [6, 6.07) is 3.72. The van der Waals surface area contributed by atoms with E-state index in [1.54, 1.807) is 0 Å². The van der Waals surface area contributed by atoms with Crippen molar-refractivity contribution in [2.24, 2.45) is 5.10 Å². The maximum absolute atomic E-state index is 10.9. The number of rotatable bonds is 4. The molecule has 20 heavy (non-hydrogen) atoms. The Hall–Kier alpha value is -1.34. The van der Waals surface area contributed by atoms with Crippen LogP contribution in [0.1, 0.15) is 15.4 Å². The van der Waals surface area contributed by atoms with Crippen molar-refractivity contribution in [3.63, 3.8) is 0 Å². The molecule has 2 rings (SSSR count). The standard InChI is InChI=1S/C11H6Cl3N3O2S/c12-6-8(17-15-4-5-2-1-3-20-5)7(13)10(14)16-9(6)11(18)19/h1-4H,(H,16,17)(H,18,19)/p-1/b15-4-. The quantitative estimate of drug-likeness (QED) is 0.523. The van der Waals surface area contributed by atoms with E-state index in [-0.39, 0.29) is 20.9 Å². The number of anilines is 1. The molecular weight excluding hydrogens is 345 g/mol. The van der Waals surface area contributed by atoms with Crippen molar-refractivity contribution >= 4 is 64.0 Å². The highest BCUT2D eigenvalue weighted by molar-refractivity contribution is 7.11. The molecule has 0 bridgehead atoms. The fourth-order valence-electron chi connectivity index (χ4n) is 1.27. The molecule has 2 aromatic rings. The molecule has 0 atom stereocenters. The second-order valence-corrected chi connectivity index (χ2v) is 5.52. The van der Waals surface area contributed by atoms with Gasteiger partial charge in [0.2, 0.25) is 0 Å². The van der Waals surface area contributed by atoms with E-state index in [0.29, 0.717) is 0 Å². The van der Waals surface area contributed by atoms with Crippen LogP contribution in [-0.2, 0) is 0 Å². The Balaban J connectivity index is 2.33. The van der Waals surface area contributed by atoms with Gasteiger partial charge >= 0.3 is 0 Å². The molecule has 1 N–H and O–H groups in total. The minimum Gasteiger partial charge on any atom is -0.543 e. The second kappa shape index (κ2) is 6.41. The van der Waals surface area contributed by atoms with Crippen molar-refractivity contribution in [1.29, 1.82) is 0 Å². The van der Waals surface area contributed by atoms with E-state index in [2.05, 4.69) is 15.5 Å². The third kappa shape index (κ3) is 3.21. The van der Waals surface area contributed by atoms with Crippen molar-refractivity contribution in [3.8, 4) is 0 Å². The number of aromatic nitrogens is 1. The molecule has 9 heteroatoms. The first-order chi connectivity index (χ1) is 9.50. The van der Waals surface area contributed by atoms with Gasteiger partial charge in [0.05, 0.1) is 22.9 Å². The molecule has 2 heterocycles. The zero-order valence-electron chi connectivity index (χ0n) is 9.56. The Bertz CT molecular complexity index is 674. The SMILES string of the molecule is O=C([O-])c1nc(Cl)c(Cl)c(N/N=C\c2cccs2)c1Cl. The predicted molar refractivity (Wildman–Crippen MR) is 79.1 cm³/mol. The van der Waals surface area contributed by atoms with Gasteiger partial charge < -0.3 is 9.90 Å². The molecule has 0 amide bonds. The van der Waals surface area contributed by atoms with E-state index in [0.717, 1.165) is 4.88 Å². The van der Waals surface area contributed by atoms with Crippen LogP contribution in [0.25, 0.3) is 0 Å². The number of carbonyl (C=O) groups excluding carboxylic acids is 1. The molecule has 0 saturated carbocycles. The average Bonchev–Trinajstić information content (AvgIpc) is 2.90. The lowest BCUT2D eigenvalue weighted by atomic mass is 10.3. The molecule has 0 unspecified atom stereocenters. The summed E-state index contributed by atoms with van der Waals surface area (Å²) in [6.07, 6.45) is 1.53. The molecule has 0 fully saturated rings. The number of carbonyl (C=O) groups is 1. The van der Waals surface area contributed by atoms with Crippen LogP contribution in [0.3, 0.4) is 0 Å². The summed E-state index contributed by atoms with van der Waals surface area (Å²) in [5.41, 5.74) is 2.10. The molecule has 2 aromatic heterocycles. The van der Waals surface area contributed by atoms with Crippen molar-refractivity contribution in [3.05, 3.63) is 43.3 Å². The van der Waals surface area contributed by atoms with Gasteiger partial charge in [-0.3, -0.25) is 5.43 Å². The lowest BCUT2D eigenvalue weighted by Crippen LogP contribution is -2.24. The predicted octanol–water partition coefficient (Wildman–Crippen LogP) is 2.91. The van der Waals surface area contributed by atoms with Gasteiger partial charge in [-0.25, -0.2) is 4.98 Å². The van der Waals surface area contributed by atoms with E-state index in [1.807, 2.05) is 17.5 Å². The summed E-state index contributed by atoms with van der Waals surface area (Å²) in [5.74, 6) is -1.56. The lowest BCUT2D eigenvalue weighted by molar-refractivity contribution is -0.255. The summed E-state index contributed by atoms with van der Waals surface area (Å²) >= 11 is 19.0. The van der Waals surface area contributed by atoms with Gasteiger partial charge in [0.1, 0.15) is 10.7 Å². The lowest BCUT2D eigenvalue weighted by Gasteiger charge is -2.11. The summed E-state index contributed by atoms with van der Waals surface area (Å²) in [5, 5.41) is 16.2. The topological polar surface area (TPSA) is 77.4 Å². The number of hydrazone groups is 1. The highest BCUT2D eigenvalue weighted by Crippen LogP contribution is 2.36. The van der Waals surface area contributed by atoms with Gasteiger partial charge in [-0.2, -0.15) is 5.10 Å². The summed E-state index contributed by atoms with van der Waals surface area (Å²) < 4.78 is 0. The Morgan fingerprint density at radius 3 is 2.75 bits per heavy atom. The van der Waals surface area contributed by atoms with Crippen molar-refractivity contribution in [1.82, 2.24) is 4.98 Å². The van der Waals surface area contributed by atoms with E-state index >= 15 is 0 Å². The van der Waals surface area contributed by atoms with Crippen LogP contribution >= 0.6 is 46.1 Å². The minimum atomic E-state index is -1.56. The van der Waals surface area contributed by atoms with Gasteiger partial charge in [-0.1, -0.05) is 40.9 Å². The smallest absolute Gasteiger partial charge is 0.150 e. The molecule has 0 aliphatic heterocycles. The molecule has 0 saturated heterocycles. The van der Waals surface area contributed by atoms with Crippen molar-refractivity contribution < 1.29 is 9.90 Å².